The molecule has 0 aliphatic carbocycles. The van der Waals surface area contributed by atoms with Crippen LogP contribution in [0.5, 0.6) is 0 Å². The number of hydrogen-bond acceptors (Lipinski definition) is 3. The molecule has 3 heterocycles. The summed E-state index contributed by atoms with van der Waals surface area (Å²) in [5.41, 5.74) is 14.5. The van der Waals surface area contributed by atoms with E-state index in [1.807, 2.05) is 11.0 Å². The van der Waals surface area contributed by atoms with Crippen LogP contribution in [0.1, 0.15) is 107 Å². The molecule has 0 saturated heterocycles. The van der Waals surface area contributed by atoms with Crippen LogP contribution in [0.3, 0.4) is 0 Å². The number of carbonyl (C=O) groups excluding carboxylic acids is 2. The number of amides is 2. The average Bonchev–Trinajstić information content (AvgIpc) is 3.38. The van der Waals surface area contributed by atoms with Crippen LogP contribution in [-0.4, -0.2) is 64.3 Å². The van der Waals surface area contributed by atoms with Crippen molar-refractivity contribution in [3.8, 4) is 11.3 Å². The molecule has 0 spiro atoms. The van der Waals surface area contributed by atoms with E-state index in [1.165, 1.54) is 44.8 Å². The third-order valence-corrected chi connectivity index (χ3v) is 11.7. The SMILES string of the molecule is CCCCc1c(CCCC)c(-c2cc3c(cc2C(=O)N2Cc4ccccc4C[C@H]2C)CN(C(=O)Cc2ccccc2CCN(C)C)CC3)n(C)c1C. The lowest BCUT2D eigenvalue weighted by Gasteiger charge is -2.36. The lowest BCUT2D eigenvalue weighted by atomic mass is 9.87. The van der Waals surface area contributed by atoms with Gasteiger partial charge in [-0.2, -0.15) is 0 Å². The fraction of sp³-hybridized carbons (Fsp3) is 0.478. The van der Waals surface area contributed by atoms with Gasteiger partial charge in [0.2, 0.25) is 5.91 Å². The van der Waals surface area contributed by atoms with E-state index in [9.17, 15) is 4.79 Å². The number of rotatable bonds is 13. The van der Waals surface area contributed by atoms with E-state index in [1.54, 1.807) is 0 Å². The summed E-state index contributed by atoms with van der Waals surface area (Å²) >= 11 is 0. The standard InChI is InChI=1S/C46H60N4O2/c1-8-10-20-40-33(4)48(7)45(41(40)21-11-9-2)42-27-37-23-25-49(44(51)29-36-18-13-12-16-34(36)22-24-47(5)6)30-39(37)28-43(42)46(52)50-31-38-19-15-14-17-35(38)26-32(50)3/h12-19,27-28,32H,8-11,20-26,29-31H2,1-7H3/t32-/m1/s1. The highest BCUT2D eigenvalue weighted by Gasteiger charge is 2.33. The Kier molecular flexibility index (Phi) is 12.1. The molecule has 6 heteroatoms. The van der Waals surface area contributed by atoms with Crippen LogP contribution in [-0.2, 0) is 63.5 Å². The third-order valence-electron chi connectivity index (χ3n) is 11.7. The summed E-state index contributed by atoms with van der Waals surface area (Å²) in [6.07, 6.45) is 9.62. The molecule has 0 saturated carbocycles. The molecule has 0 bridgehead atoms. The Morgan fingerprint density at radius 3 is 2.19 bits per heavy atom. The van der Waals surface area contributed by atoms with Gasteiger partial charge in [0.05, 0.1) is 12.1 Å². The van der Waals surface area contributed by atoms with Crippen molar-refractivity contribution in [1.82, 2.24) is 19.3 Å². The summed E-state index contributed by atoms with van der Waals surface area (Å²) in [7, 11) is 6.37. The maximum Gasteiger partial charge on any atom is 0.255 e. The van der Waals surface area contributed by atoms with E-state index >= 15 is 4.79 Å². The highest BCUT2D eigenvalue weighted by molar-refractivity contribution is 6.02. The highest BCUT2D eigenvalue weighted by atomic mass is 16.2. The quantitative estimate of drug-likeness (QED) is 0.141. The van der Waals surface area contributed by atoms with Crippen LogP contribution in [0, 0.1) is 6.92 Å². The Morgan fingerprint density at radius 2 is 1.48 bits per heavy atom. The first-order valence-corrected chi connectivity index (χ1v) is 19.8. The summed E-state index contributed by atoms with van der Waals surface area (Å²) in [5, 5.41) is 0. The average molecular weight is 701 g/mol. The lowest BCUT2D eigenvalue weighted by molar-refractivity contribution is -0.131. The topological polar surface area (TPSA) is 48.8 Å². The zero-order valence-corrected chi connectivity index (χ0v) is 32.9. The number of hydrogen-bond donors (Lipinski definition) is 0. The van der Waals surface area contributed by atoms with Gasteiger partial charge >= 0.3 is 0 Å². The van der Waals surface area contributed by atoms with Gasteiger partial charge in [-0.05, 0) is 130 Å². The zero-order chi connectivity index (χ0) is 36.9. The molecule has 1 aromatic heterocycles. The Bertz CT molecular complexity index is 1900. The number of aromatic nitrogens is 1. The van der Waals surface area contributed by atoms with Crippen LogP contribution in [0.25, 0.3) is 11.3 Å². The monoisotopic (exact) mass is 700 g/mol. The number of carbonyl (C=O) groups is 2. The lowest BCUT2D eigenvalue weighted by Crippen LogP contribution is -2.43. The molecule has 276 valence electrons. The molecule has 0 N–H and O–H groups in total. The summed E-state index contributed by atoms with van der Waals surface area (Å²) in [6, 6.07) is 21.5. The molecule has 6 nitrogen and oxygen atoms in total. The van der Waals surface area contributed by atoms with Crippen molar-refractivity contribution in [3.05, 3.63) is 116 Å². The molecule has 52 heavy (non-hydrogen) atoms. The first kappa shape index (κ1) is 37.6. The largest absolute Gasteiger partial charge is 0.347 e. The van der Waals surface area contributed by atoms with E-state index in [0.29, 0.717) is 26.1 Å². The Hall–Kier alpha value is -4.16. The molecule has 2 amide bonds. The third kappa shape index (κ3) is 7.93. The first-order chi connectivity index (χ1) is 25.1. The van der Waals surface area contributed by atoms with Crippen molar-refractivity contribution in [2.24, 2.45) is 7.05 Å². The molecule has 0 unspecified atom stereocenters. The second kappa shape index (κ2) is 16.7. The van der Waals surface area contributed by atoms with Crippen LogP contribution < -0.4 is 0 Å². The molecule has 4 aromatic rings. The first-order valence-electron chi connectivity index (χ1n) is 19.8. The fourth-order valence-electron chi connectivity index (χ4n) is 8.48. The normalized spacial score (nSPS) is 15.6. The predicted molar refractivity (Wildman–Crippen MR) is 214 cm³/mol. The molecule has 3 aromatic carbocycles. The van der Waals surface area contributed by atoms with Crippen molar-refractivity contribution in [1.29, 1.82) is 0 Å². The van der Waals surface area contributed by atoms with Gasteiger partial charge in [0.15, 0.2) is 0 Å². The van der Waals surface area contributed by atoms with Gasteiger partial charge in [-0.25, -0.2) is 0 Å². The second-order valence-electron chi connectivity index (χ2n) is 15.6. The maximum absolute atomic E-state index is 15.0. The fourth-order valence-corrected chi connectivity index (χ4v) is 8.48. The van der Waals surface area contributed by atoms with Gasteiger partial charge in [0.1, 0.15) is 0 Å². The van der Waals surface area contributed by atoms with Crippen LogP contribution >= 0.6 is 0 Å². The van der Waals surface area contributed by atoms with Crippen molar-refractivity contribution >= 4 is 11.8 Å². The minimum Gasteiger partial charge on any atom is -0.347 e. The number of likely N-dealkylation sites (N-methyl/N-ethyl adjacent to an activating group) is 1. The Morgan fingerprint density at radius 1 is 0.808 bits per heavy atom. The van der Waals surface area contributed by atoms with E-state index in [-0.39, 0.29) is 17.9 Å². The summed E-state index contributed by atoms with van der Waals surface area (Å²) in [4.78, 5) is 35.3. The zero-order valence-electron chi connectivity index (χ0n) is 32.9. The minimum atomic E-state index is 0.0896. The summed E-state index contributed by atoms with van der Waals surface area (Å²) in [5.74, 6) is 0.245. The van der Waals surface area contributed by atoms with Gasteiger partial charge in [0.25, 0.3) is 5.91 Å². The van der Waals surface area contributed by atoms with E-state index in [2.05, 4.69) is 118 Å². The molecule has 2 aliphatic rings. The van der Waals surface area contributed by atoms with E-state index < -0.39 is 0 Å². The molecule has 2 aliphatic heterocycles. The minimum absolute atomic E-state index is 0.0896. The smallest absolute Gasteiger partial charge is 0.255 e. The molecular weight excluding hydrogens is 641 g/mol. The van der Waals surface area contributed by atoms with Gasteiger partial charge in [-0.15, -0.1) is 0 Å². The molecule has 0 fully saturated rings. The second-order valence-corrected chi connectivity index (χ2v) is 15.6. The van der Waals surface area contributed by atoms with Crippen molar-refractivity contribution < 1.29 is 9.59 Å². The van der Waals surface area contributed by atoms with E-state index in [4.69, 9.17) is 0 Å². The maximum atomic E-state index is 15.0. The van der Waals surface area contributed by atoms with Crippen molar-refractivity contribution in [2.75, 3.05) is 27.2 Å². The highest BCUT2D eigenvalue weighted by Crippen LogP contribution is 2.39. The number of unbranched alkanes of at least 4 members (excludes halogenated alkanes) is 2. The Balaban J connectivity index is 1.40. The van der Waals surface area contributed by atoms with Crippen LogP contribution in [0.2, 0.25) is 0 Å². The summed E-state index contributed by atoms with van der Waals surface area (Å²) in [6.45, 7) is 11.8. The van der Waals surface area contributed by atoms with Crippen molar-refractivity contribution in [2.45, 2.75) is 111 Å². The number of fused-ring (bicyclic) bond motifs is 2. The van der Waals surface area contributed by atoms with Crippen LogP contribution in [0.4, 0.5) is 0 Å². The molecule has 1 atom stereocenters. The van der Waals surface area contributed by atoms with Gasteiger partial charge in [-0.1, -0.05) is 75.2 Å². The van der Waals surface area contributed by atoms with Crippen molar-refractivity contribution in [3.63, 3.8) is 0 Å². The molecular formula is C46H60N4O2. The van der Waals surface area contributed by atoms with Gasteiger partial charge in [-0.3, -0.25) is 9.59 Å². The van der Waals surface area contributed by atoms with Gasteiger partial charge < -0.3 is 19.3 Å². The molecule has 6 rings (SSSR count). The summed E-state index contributed by atoms with van der Waals surface area (Å²) < 4.78 is 2.37. The predicted octanol–water partition coefficient (Wildman–Crippen LogP) is 8.50. The van der Waals surface area contributed by atoms with E-state index in [0.717, 1.165) is 86.6 Å². The molecule has 0 radical (unpaired) electrons. The van der Waals surface area contributed by atoms with Crippen LogP contribution in [0.15, 0.2) is 60.7 Å². The Labute approximate surface area is 312 Å². The number of nitrogens with zero attached hydrogens (tertiary/aromatic N) is 4. The number of benzene rings is 3. The van der Waals surface area contributed by atoms with Gasteiger partial charge in [0, 0.05) is 56.1 Å².